The van der Waals surface area contributed by atoms with E-state index in [0.717, 1.165) is 19.6 Å². The molecule has 1 aromatic carbocycles. The highest BCUT2D eigenvalue weighted by molar-refractivity contribution is 7.85. The summed E-state index contributed by atoms with van der Waals surface area (Å²) in [6.07, 6.45) is 5.31. The molecule has 0 saturated carbocycles. The Morgan fingerprint density at radius 1 is 1.09 bits per heavy atom. The Balaban J connectivity index is 1.90. The van der Waals surface area contributed by atoms with Crippen LogP contribution in [-0.4, -0.2) is 36.8 Å². The van der Waals surface area contributed by atoms with Gasteiger partial charge in [0.05, 0.1) is 12.4 Å². The lowest BCUT2D eigenvalue weighted by Gasteiger charge is -2.24. The number of benzene rings is 1. The molecule has 0 atom stereocenters. The second kappa shape index (κ2) is 6.71. The van der Waals surface area contributed by atoms with E-state index in [9.17, 15) is 8.42 Å². The number of aryl methyl sites for hydroxylation is 3. The van der Waals surface area contributed by atoms with Gasteiger partial charge in [0.1, 0.15) is 0 Å². The van der Waals surface area contributed by atoms with E-state index >= 15 is 0 Å². The molecule has 0 aromatic heterocycles. The SMILES string of the molecule is Cc1cc(C)c(N2C=CN(CCCCS(=O)(=O)O)C2)c(C)c1. The first-order valence-electron chi connectivity index (χ1n) is 7.48. The van der Waals surface area contributed by atoms with Crippen LogP contribution in [-0.2, 0) is 10.1 Å². The van der Waals surface area contributed by atoms with Gasteiger partial charge in [0, 0.05) is 24.6 Å². The first-order valence-corrected chi connectivity index (χ1v) is 9.09. The van der Waals surface area contributed by atoms with Gasteiger partial charge >= 0.3 is 0 Å². The summed E-state index contributed by atoms with van der Waals surface area (Å²) in [5, 5.41) is 0. The minimum absolute atomic E-state index is 0.162. The van der Waals surface area contributed by atoms with Gasteiger partial charge in [0.2, 0.25) is 0 Å². The standard InChI is InChI=1S/C16H24N2O3S/c1-13-10-14(2)16(15(3)11-13)18-8-7-17(12-18)6-4-5-9-22(19,20)21/h7-8,10-11H,4-6,9,12H2,1-3H3,(H,19,20,21). The molecule has 1 heterocycles. The molecule has 1 aliphatic rings. The number of anilines is 1. The van der Waals surface area contributed by atoms with Gasteiger partial charge in [-0.25, -0.2) is 0 Å². The normalized spacial score (nSPS) is 14.9. The highest BCUT2D eigenvalue weighted by Gasteiger charge is 2.17. The van der Waals surface area contributed by atoms with Crippen LogP contribution >= 0.6 is 0 Å². The van der Waals surface area contributed by atoms with Gasteiger partial charge in [-0.2, -0.15) is 8.42 Å². The van der Waals surface area contributed by atoms with Gasteiger partial charge in [-0.3, -0.25) is 4.55 Å². The topological polar surface area (TPSA) is 60.9 Å². The van der Waals surface area contributed by atoms with Crippen molar-refractivity contribution < 1.29 is 13.0 Å². The van der Waals surface area contributed by atoms with Crippen molar-refractivity contribution in [2.75, 3.05) is 23.9 Å². The maximum Gasteiger partial charge on any atom is 0.264 e. The third-order valence-electron chi connectivity index (χ3n) is 3.81. The number of hydrogen-bond acceptors (Lipinski definition) is 4. The van der Waals surface area contributed by atoms with Crippen LogP contribution in [0.1, 0.15) is 29.5 Å². The highest BCUT2D eigenvalue weighted by atomic mass is 32.2. The second-order valence-electron chi connectivity index (χ2n) is 5.96. The van der Waals surface area contributed by atoms with Crippen LogP contribution in [0.25, 0.3) is 0 Å². The molecular weight excluding hydrogens is 300 g/mol. The zero-order valence-corrected chi connectivity index (χ0v) is 14.2. The zero-order chi connectivity index (χ0) is 16.3. The van der Waals surface area contributed by atoms with Crippen LogP contribution in [0.4, 0.5) is 5.69 Å². The third-order valence-corrected chi connectivity index (χ3v) is 4.62. The van der Waals surface area contributed by atoms with Crippen molar-refractivity contribution in [3.63, 3.8) is 0 Å². The number of rotatable bonds is 6. The number of nitrogens with zero attached hydrogens (tertiary/aromatic N) is 2. The molecule has 22 heavy (non-hydrogen) atoms. The van der Waals surface area contributed by atoms with Gasteiger partial charge in [-0.05, 0) is 44.7 Å². The van der Waals surface area contributed by atoms with Gasteiger partial charge in [0.15, 0.2) is 0 Å². The molecule has 0 spiro atoms. The van der Waals surface area contributed by atoms with E-state index in [1.807, 2.05) is 6.20 Å². The van der Waals surface area contributed by atoms with E-state index in [-0.39, 0.29) is 5.75 Å². The number of hydrogen-bond donors (Lipinski definition) is 1. The third kappa shape index (κ3) is 4.48. The van der Waals surface area contributed by atoms with Gasteiger partial charge in [-0.1, -0.05) is 17.7 Å². The lowest BCUT2D eigenvalue weighted by atomic mass is 10.0. The van der Waals surface area contributed by atoms with Crippen molar-refractivity contribution in [3.8, 4) is 0 Å². The van der Waals surface area contributed by atoms with E-state index in [0.29, 0.717) is 6.42 Å². The molecule has 0 radical (unpaired) electrons. The van der Waals surface area contributed by atoms with Crippen molar-refractivity contribution in [2.45, 2.75) is 33.6 Å². The molecule has 6 heteroatoms. The summed E-state index contributed by atoms with van der Waals surface area (Å²) in [5.41, 5.74) is 5.03. The molecular formula is C16H24N2O3S. The van der Waals surface area contributed by atoms with E-state index in [1.54, 1.807) is 0 Å². The van der Waals surface area contributed by atoms with Crippen LogP contribution in [0.3, 0.4) is 0 Å². The molecule has 0 fully saturated rings. The largest absolute Gasteiger partial charge is 0.358 e. The molecule has 0 aliphatic carbocycles. The Bertz CT molecular complexity index is 645. The van der Waals surface area contributed by atoms with Gasteiger partial charge in [-0.15, -0.1) is 0 Å². The fourth-order valence-electron chi connectivity index (χ4n) is 2.98. The molecule has 0 unspecified atom stereocenters. The lowest BCUT2D eigenvalue weighted by molar-refractivity contribution is 0.394. The van der Waals surface area contributed by atoms with E-state index in [4.69, 9.17) is 4.55 Å². The number of unbranched alkanes of at least 4 members (excludes halogenated alkanes) is 1. The summed E-state index contributed by atoms with van der Waals surface area (Å²) in [5.74, 6) is -0.162. The molecule has 0 bridgehead atoms. The van der Waals surface area contributed by atoms with Gasteiger partial charge in [0.25, 0.3) is 10.1 Å². The summed E-state index contributed by atoms with van der Waals surface area (Å²) in [6.45, 7) is 7.91. The Morgan fingerprint density at radius 2 is 1.73 bits per heavy atom. The monoisotopic (exact) mass is 324 g/mol. The maximum atomic E-state index is 10.7. The average Bonchev–Trinajstić information content (AvgIpc) is 2.81. The van der Waals surface area contributed by atoms with E-state index in [2.05, 4.69) is 48.9 Å². The molecule has 0 amide bonds. The Labute approximate surface area is 133 Å². The van der Waals surface area contributed by atoms with E-state index < -0.39 is 10.1 Å². The summed E-state index contributed by atoms with van der Waals surface area (Å²) < 4.78 is 30.1. The quantitative estimate of drug-likeness (QED) is 0.644. The first-order chi connectivity index (χ1) is 10.3. The average molecular weight is 324 g/mol. The van der Waals surface area contributed by atoms with E-state index in [1.165, 1.54) is 22.4 Å². The predicted molar refractivity (Wildman–Crippen MR) is 89.5 cm³/mol. The first kappa shape index (κ1) is 16.8. The Hall–Kier alpha value is -1.53. The summed E-state index contributed by atoms with van der Waals surface area (Å²) in [4.78, 5) is 4.37. The summed E-state index contributed by atoms with van der Waals surface area (Å²) >= 11 is 0. The maximum absolute atomic E-state index is 10.7. The molecule has 2 rings (SSSR count). The van der Waals surface area contributed by atoms with Crippen molar-refractivity contribution >= 4 is 15.8 Å². The smallest absolute Gasteiger partial charge is 0.264 e. The van der Waals surface area contributed by atoms with Crippen molar-refractivity contribution in [1.29, 1.82) is 0 Å². The Kier molecular flexibility index (Phi) is 5.13. The Morgan fingerprint density at radius 3 is 2.32 bits per heavy atom. The minimum Gasteiger partial charge on any atom is -0.358 e. The minimum atomic E-state index is -3.84. The highest BCUT2D eigenvalue weighted by Crippen LogP contribution is 2.28. The second-order valence-corrected chi connectivity index (χ2v) is 7.53. The van der Waals surface area contributed by atoms with Gasteiger partial charge < -0.3 is 9.80 Å². The lowest BCUT2D eigenvalue weighted by Crippen LogP contribution is -2.27. The van der Waals surface area contributed by atoms with Crippen LogP contribution in [0.2, 0.25) is 0 Å². The van der Waals surface area contributed by atoms with Crippen molar-refractivity contribution in [1.82, 2.24) is 4.90 Å². The molecule has 1 N–H and O–H groups in total. The summed E-state index contributed by atoms with van der Waals surface area (Å²) in [7, 11) is -3.84. The fraction of sp³-hybridized carbons (Fsp3) is 0.500. The van der Waals surface area contributed by atoms with Crippen molar-refractivity contribution in [2.24, 2.45) is 0 Å². The molecule has 0 saturated heterocycles. The fourth-order valence-corrected chi connectivity index (χ4v) is 3.55. The molecule has 1 aliphatic heterocycles. The van der Waals surface area contributed by atoms with Crippen LogP contribution in [0.5, 0.6) is 0 Å². The van der Waals surface area contributed by atoms with Crippen LogP contribution in [0, 0.1) is 20.8 Å². The van der Waals surface area contributed by atoms with Crippen LogP contribution in [0.15, 0.2) is 24.5 Å². The molecule has 1 aromatic rings. The molecule has 122 valence electrons. The summed E-state index contributed by atoms with van der Waals surface area (Å²) in [6, 6.07) is 4.37. The molecule has 5 nitrogen and oxygen atoms in total. The predicted octanol–water partition coefficient (Wildman–Crippen LogP) is 2.83. The van der Waals surface area contributed by atoms with Crippen LogP contribution < -0.4 is 4.90 Å². The zero-order valence-electron chi connectivity index (χ0n) is 13.4. The van der Waals surface area contributed by atoms with Crippen molar-refractivity contribution in [3.05, 3.63) is 41.2 Å².